The van der Waals surface area contributed by atoms with Crippen molar-refractivity contribution in [2.24, 2.45) is 5.10 Å². The summed E-state index contributed by atoms with van der Waals surface area (Å²) in [7, 11) is -8.46. The largest absolute Gasteiger partial charge is 0.540 e. The third-order valence-electron chi connectivity index (χ3n) is 6.54. The lowest BCUT2D eigenvalue weighted by atomic mass is 10.2. The molecule has 0 radical (unpaired) electrons. The van der Waals surface area contributed by atoms with Crippen LogP contribution >= 0.6 is 14.7 Å². The molecule has 3 aromatic rings. The Bertz CT molecular complexity index is 1490. The first-order valence-electron chi connectivity index (χ1n) is 15.3. The van der Waals surface area contributed by atoms with Gasteiger partial charge < -0.3 is 17.7 Å². The van der Waals surface area contributed by atoms with Gasteiger partial charge in [-0.1, -0.05) is 66.9 Å². The van der Waals surface area contributed by atoms with E-state index in [9.17, 15) is 0 Å². The molecule has 250 valence electrons. The van der Waals surface area contributed by atoms with Crippen molar-refractivity contribution in [2.75, 3.05) is 14.2 Å². The quantitative estimate of drug-likeness (QED) is 0.0624. The number of methoxy groups -OCH3 is 1. The maximum absolute atomic E-state index is 15.3. The summed E-state index contributed by atoms with van der Waals surface area (Å²) in [5.74, 6) is 0.812. The molecule has 0 heterocycles. The topological polar surface area (TPSA) is 72.8 Å². The van der Waals surface area contributed by atoms with Crippen LogP contribution in [0.2, 0.25) is 58.9 Å². The predicted molar refractivity (Wildman–Crippen MR) is 204 cm³/mol. The minimum absolute atomic E-state index is 0.589. The molecule has 0 aliphatic heterocycles. The van der Waals surface area contributed by atoms with Crippen molar-refractivity contribution in [3.05, 3.63) is 95.6 Å². The van der Waals surface area contributed by atoms with E-state index in [0.717, 1.165) is 22.4 Å². The number of rotatable bonds is 16. The van der Waals surface area contributed by atoms with Crippen LogP contribution in [0.4, 0.5) is 0 Å². The molecule has 0 N–H and O–H groups in total. The zero-order chi connectivity index (χ0) is 34.3. The third kappa shape index (κ3) is 11.9. The first kappa shape index (κ1) is 38.5. The van der Waals surface area contributed by atoms with Crippen LogP contribution in [-0.2, 0) is 31.3 Å². The monoisotopic (exact) mass is 734 g/mol. The van der Waals surface area contributed by atoms with E-state index in [2.05, 4.69) is 80.7 Å². The van der Waals surface area contributed by atoms with E-state index in [4.69, 9.17) is 29.5 Å². The number of benzene rings is 3. The van der Waals surface area contributed by atoms with Gasteiger partial charge in [-0.25, -0.2) is 0 Å². The molecule has 2 unspecified atom stereocenters. The third-order valence-corrected chi connectivity index (χ3v) is 18.4. The molecule has 0 spiro atoms. The van der Waals surface area contributed by atoms with Crippen LogP contribution in [0.3, 0.4) is 0 Å². The number of hydrogen-bond acceptors (Lipinski definition) is 8. The zero-order valence-electron chi connectivity index (χ0n) is 29.1. The first-order valence-corrected chi connectivity index (χ1v) is 29.4. The highest BCUT2D eigenvalue weighted by molar-refractivity contribution is 8.02. The lowest BCUT2D eigenvalue weighted by Gasteiger charge is -2.46. The SMILES string of the molecule is COc1ccc(/C=N\N(C)[P+](=S)Oc2ccc(C(N(Cc3ccccc3)[Si](C)(C)C)P(=O)(O[Si](C)(C)C)O[Si](C)(C)C)cc2)cc1. The Morgan fingerprint density at radius 1 is 0.826 bits per heavy atom. The van der Waals surface area contributed by atoms with Crippen LogP contribution in [-0.4, -0.2) is 54.6 Å². The van der Waals surface area contributed by atoms with Gasteiger partial charge in [0.1, 0.15) is 19.8 Å². The average molecular weight is 735 g/mol. The van der Waals surface area contributed by atoms with Crippen molar-refractivity contribution in [1.29, 1.82) is 0 Å². The molecule has 0 saturated heterocycles. The van der Waals surface area contributed by atoms with Gasteiger partial charge in [-0.15, -0.1) is 5.10 Å². The number of nitrogens with zero attached hydrogens (tertiary/aromatic N) is 3. The second kappa shape index (κ2) is 15.9. The molecule has 3 aromatic carbocycles. The lowest BCUT2D eigenvalue weighted by molar-refractivity contribution is 0.300. The predicted octanol–water partition coefficient (Wildman–Crippen LogP) is 10.0. The Morgan fingerprint density at radius 2 is 1.35 bits per heavy atom. The molecule has 0 aliphatic carbocycles. The summed E-state index contributed by atoms with van der Waals surface area (Å²) in [6.07, 6.45) is 1.74. The lowest BCUT2D eigenvalue weighted by Crippen LogP contribution is -2.49. The van der Waals surface area contributed by atoms with Crippen molar-refractivity contribution in [1.82, 2.24) is 9.34 Å². The second-order valence-corrected chi connectivity index (χ2v) is 32.6. The van der Waals surface area contributed by atoms with E-state index in [1.54, 1.807) is 25.2 Å². The average Bonchev–Trinajstić information content (AvgIpc) is 2.94. The molecule has 0 saturated carbocycles. The van der Waals surface area contributed by atoms with Crippen molar-refractivity contribution in [2.45, 2.75) is 71.3 Å². The van der Waals surface area contributed by atoms with Gasteiger partial charge in [-0.3, -0.25) is 9.09 Å². The minimum atomic E-state index is -3.69. The molecule has 0 fully saturated rings. The van der Waals surface area contributed by atoms with Gasteiger partial charge in [0.15, 0.2) is 22.4 Å². The fourth-order valence-electron chi connectivity index (χ4n) is 4.62. The van der Waals surface area contributed by atoms with Crippen LogP contribution < -0.4 is 9.26 Å². The molecule has 14 heteroatoms. The van der Waals surface area contributed by atoms with Gasteiger partial charge in [0.2, 0.25) is 11.8 Å². The number of ether oxygens (including phenoxy) is 1. The Morgan fingerprint density at radius 3 is 1.83 bits per heavy atom. The van der Waals surface area contributed by atoms with E-state index >= 15 is 4.57 Å². The van der Waals surface area contributed by atoms with Crippen LogP contribution in [0.5, 0.6) is 11.5 Å². The highest BCUT2D eigenvalue weighted by Crippen LogP contribution is 2.66. The number of hydrazone groups is 1. The normalized spacial score (nSPS) is 14.0. The molecule has 0 aromatic heterocycles. The van der Waals surface area contributed by atoms with Gasteiger partial charge in [-0.2, -0.15) is 0 Å². The molecular weight excluding hydrogens is 685 g/mol. The van der Waals surface area contributed by atoms with Crippen LogP contribution in [0.1, 0.15) is 22.5 Å². The molecule has 46 heavy (non-hydrogen) atoms. The maximum atomic E-state index is 15.3. The van der Waals surface area contributed by atoms with Crippen molar-refractivity contribution in [3.63, 3.8) is 0 Å². The molecule has 0 amide bonds. The van der Waals surface area contributed by atoms with Gasteiger partial charge in [0.25, 0.3) is 0 Å². The summed E-state index contributed by atoms with van der Waals surface area (Å²) >= 11 is 5.68. The maximum Gasteiger partial charge on any atom is 0.540 e. The van der Waals surface area contributed by atoms with E-state index in [-0.39, 0.29) is 0 Å². The van der Waals surface area contributed by atoms with E-state index < -0.39 is 45.3 Å². The van der Waals surface area contributed by atoms with Crippen molar-refractivity contribution in [3.8, 4) is 11.5 Å². The summed E-state index contributed by atoms with van der Waals surface area (Å²) in [6.45, 7) is 19.9. The summed E-state index contributed by atoms with van der Waals surface area (Å²) in [4.78, 5) is 0. The van der Waals surface area contributed by atoms with E-state index in [0.29, 0.717) is 12.3 Å². The van der Waals surface area contributed by atoms with Crippen LogP contribution in [0.15, 0.2) is 84.0 Å². The molecule has 0 bridgehead atoms. The minimum Gasteiger partial charge on any atom is -0.497 e. The molecule has 2 atom stereocenters. The van der Waals surface area contributed by atoms with Crippen LogP contribution in [0, 0.1) is 0 Å². The molecule has 0 aliphatic rings. The van der Waals surface area contributed by atoms with Gasteiger partial charge >= 0.3 is 14.7 Å². The van der Waals surface area contributed by atoms with Crippen molar-refractivity contribution < 1.29 is 22.3 Å². The Balaban J connectivity index is 1.98. The summed E-state index contributed by atoms with van der Waals surface area (Å²) in [5.41, 5.74) is 2.94. The fourth-order valence-corrected chi connectivity index (χ4v) is 16.9. The van der Waals surface area contributed by atoms with E-state index in [1.165, 1.54) is 0 Å². The second-order valence-electron chi connectivity index (χ2n) is 14.0. The van der Waals surface area contributed by atoms with Crippen LogP contribution in [0.25, 0.3) is 0 Å². The Labute approximate surface area is 285 Å². The Hall–Kier alpha value is -1.99. The first-order chi connectivity index (χ1) is 21.3. The van der Waals surface area contributed by atoms with Gasteiger partial charge in [-0.05, 0) is 92.4 Å². The summed E-state index contributed by atoms with van der Waals surface area (Å²) < 4.78 is 44.0. The number of hydrogen-bond donors (Lipinski definition) is 0. The van der Waals surface area contributed by atoms with Gasteiger partial charge in [0, 0.05) is 6.54 Å². The summed E-state index contributed by atoms with van der Waals surface area (Å²) in [5, 5.41) is 4.49. The summed E-state index contributed by atoms with van der Waals surface area (Å²) in [6, 6.07) is 25.7. The Kier molecular flexibility index (Phi) is 13.3. The highest BCUT2D eigenvalue weighted by Gasteiger charge is 2.49. The molecule has 3 rings (SSSR count). The van der Waals surface area contributed by atoms with E-state index in [1.807, 2.05) is 66.7 Å². The standard InChI is InChI=1S/C32H50N3O5P2SSi3/c1-34(33-25-27-17-21-30(37-2)22-18-27)41(43)38-31-23-19-29(20-24-31)32(42(36,39-45(6,7)8)40-46(9,10)11)35(44(3,4)5)26-28-15-13-12-14-16-28/h12-25,32H,26H2,1-11H3/q+1/b33-25-. The fraction of sp³-hybridized carbons (Fsp3) is 0.406. The van der Waals surface area contributed by atoms with Gasteiger partial charge in [0.05, 0.1) is 20.4 Å². The molecular formula is C32H50N3O5P2SSi3+. The van der Waals surface area contributed by atoms with Crippen molar-refractivity contribution >= 4 is 57.6 Å². The highest BCUT2D eigenvalue weighted by atomic mass is 32.4. The zero-order valence-corrected chi connectivity index (χ0v) is 34.7. The molecule has 8 nitrogen and oxygen atoms in total. The smallest absolute Gasteiger partial charge is 0.497 e.